The first-order chi connectivity index (χ1) is 12.3. The summed E-state index contributed by atoms with van der Waals surface area (Å²) in [6, 6.07) is 7.85. The van der Waals surface area contributed by atoms with Crippen LogP contribution in [-0.4, -0.2) is 37.8 Å². The van der Waals surface area contributed by atoms with Crippen LogP contribution in [0.5, 0.6) is 5.75 Å². The van der Waals surface area contributed by atoms with Crippen LogP contribution in [0.25, 0.3) is 0 Å². The van der Waals surface area contributed by atoms with Crippen molar-refractivity contribution in [1.82, 2.24) is 0 Å². The Morgan fingerprint density at radius 3 is 2.62 bits per heavy atom. The molecule has 0 spiro atoms. The van der Waals surface area contributed by atoms with Gasteiger partial charge in [-0.2, -0.15) is 0 Å². The maximum absolute atomic E-state index is 6.57. The molecule has 4 aliphatic rings. The number of alkyl halides is 1. The highest BCUT2D eigenvalue weighted by molar-refractivity contribution is 6.60. The maximum Gasteiger partial charge on any atom is 0.479 e. The Balaban J connectivity index is 1.30. The molecule has 1 aliphatic heterocycles. The SMILES string of the molecule is COc1ccc(COC[C@H](Cl)B2O[C@H]3C[C@H]4C[C@H](C4(C)C)[C@@]3(C)O2)cc1. The van der Waals surface area contributed by atoms with Crippen molar-refractivity contribution < 1.29 is 18.8 Å². The van der Waals surface area contributed by atoms with Crippen molar-refractivity contribution in [2.24, 2.45) is 17.3 Å². The van der Waals surface area contributed by atoms with Gasteiger partial charge in [0.15, 0.2) is 0 Å². The molecule has 0 amide bonds. The van der Waals surface area contributed by atoms with Gasteiger partial charge in [0.2, 0.25) is 0 Å². The third kappa shape index (κ3) is 2.97. The number of benzene rings is 1. The number of hydrogen-bond donors (Lipinski definition) is 0. The van der Waals surface area contributed by atoms with E-state index in [-0.39, 0.29) is 17.0 Å². The lowest BCUT2D eigenvalue weighted by Gasteiger charge is -2.64. The van der Waals surface area contributed by atoms with Crippen molar-refractivity contribution >= 4 is 18.7 Å². The van der Waals surface area contributed by atoms with Crippen LogP contribution >= 0.6 is 11.6 Å². The number of hydrogen-bond acceptors (Lipinski definition) is 4. The van der Waals surface area contributed by atoms with Crippen LogP contribution in [0.4, 0.5) is 0 Å². The van der Waals surface area contributed by atoms with Gasteiger partial charge in [-0.3, -0.25) is 0 Å². The normalized spacial score (nSPS) is 35.6. The Kier molecular flexibility index (Phi) is 4.79. The summed E-state index contributed by atoms with van der Waals surface area (Å²) < 4.78 is 23.6. The molecule has 1 saturated heterocycles. The highest BCUT2D eigenvalue weighted by Crippen LogP contribution is 2.65. The minimum absolute atomic E-state index is 0.159. The first-order valence-corrected chi connectivity index (χ1v) is 9.96. The number of methoxy groups -OCH3 is 1. The van der Waals surface area contributed by atoms with E-state index >= 15 is 0 Å². The third-order valence-corrected chi connectivity index (χ3v) is 7.30. The summed E-state index contributed by atoms with van der Waals surface area (Å²) >= 11 is 6.57. The van der Waals surface area contributed by atoms with E-state index in [2.05, 4.69) is 20.8 Å². The van der Waals surface area contributed by atoms with E-state index in [1.165, 1.54) is 6.42 Å². The summed E-state index contributed by atoms with van der Waals surface area (Å²) in [4.78, 5) is 0. The molecule has 142 valence electrons. The Morgan fingerprint density at radius 2 is 1.96 bits per heavy atom. The fraction of sp³-hybridized carbons (Fsp3) is 0.700. The molecule has 5 rings (SSSR count). The largest absolute Gasteiger partial charge is 0.497 e. The molecule has 0 unspecified atom stereocenters. The molecule has 0 radical (unpaired) electrons. The Bertz CT molecular complexity index is 652. The molecule has 1 heterocycles. The topological polar surface area (TPSA) is 36.9 Å². The van der Waals surface area contributed by atoms with Crippen LogP contribution in [0.3, 0.4) is 0 Å². The predicted molar refractivity (Wildman–Crippen MR) is 102 cm³/mol. The first kappa shape index (κ1) is 18.6. The minimum atomic E-state index is -0.391. The van der Waals surface area contributed by atoms with E-state index in [1.807, 2.05) is 24.3 Å². The Morgan fingerprint density at radius 1 is 1.23 bits per heavy atom. The zero-order valence-electron chi connectivity index (χ0n) is 16.0. The molecule has 0 aromatic heterocycles. The average molecular weight is 379 g/mol. The van der Waals surface area contributed by atoms with Gasteiger partial charge in [-0.15, -0.1) is 11.6 Å². The molecule has 1 aromatic rings. The number of ether oxygens (including phenoxy) is 2. The van der Waals surface area contributed by atoms with Crippen LogP contribution in [0.1, 0.15) is 39.2 Å². The lowest BCUT2D eigenvalue weighted by atomic mass is 9.43. The van der Waals surface area contributed by atoms with E-state index in [0.717, 1.165) is 23.7 Å². The van der Waals surface area contributed by atoms with Crippen LogP contribution in [0.2, 0.25) is 0 Å². The molecule has 0 N–H and O–H groups in total. The first-order valence-electron chi connectivity index (χ1n) is 9.52. The van der Waals surface area contributed by atoms with Crippen LogP contribution in [-0.2, 0) is 20.7 Å². The van der Waals surface area contributed by atoms with Crippen molar-refractivity contribution in [2.75, 3.05) is 13.7 Å². The number of rotatable bonds is 6. The van der Waals surface area contributed by atoms with E-state index < -0.39 is 7.12 Å². The van der Waals surface area contributed by atoms with Gasteiger partial charge in [0.25, 0.3) is 0 Å². The Hall–Kier alpha value is -0.745. The summed E-state index contributed by atoms with van der Waals surface area (Å²) in [5, 5.41) is -0.309. The van der Waals surface area contributed by atoms with Gasteiger partial charge >= 0.3 is 7.12 Å². The van der Waals surface area contributed by atoms with Gasteiger partial charge in [-0.05, 0) is 54.7 Å². The fourth-order valence-electron chi connectivity index (χ4n) is 5.14. The van der Waals surface area contributed by atoms with Crippen LogP contribution in [0.15, 0.2) is 24.3 Å². The summed E-state index contributed by atoms with van der Waals surface area (Å²) in [5.41, 5.74) is 1.22. The molecule has 1 aromatic carbocycles. The summed E-state index contributed by atoms with van der Waals surface area (Å²) in [5.74, 6) is 2.13. The zero-order chi connectivity index (χ0) is 18.5. The quantitative estimate of drug-likeness (QED) is 0.552. The fourth-order valence-corrected chi connectivity index (χ4v) is 5.34. The van der Waals surface area contributed by atoms with Gasteiger partial charge in [0.05, 0.1) is 37.3 Å². The van der Waals surface area contributed by atoms with Crippen LogP contribution < -0.4 is 4.74 Å². The van der Waals surface area contributed by atoms with Crippen molar-refractivity contribution in [2.45, 2.75) is 57.2 Å². The Labute approximate surface area is 161 Å². The smallest absolute Gasteiger partial charge is 0.479 e. The van der Waals surface area contributed by atoms with Crippen LogP contribution in [0, 0.1) is 17.3 Å². The van der Waals surface area contributed by atoms with Crippen molar-refractivity contribution in [3.8, 4) is 5.75 Å². The van der Waals surface area contributed by atoms with Gasteiger partial charge in [0.1, 0.15) is 5.75 Å². The standard InChI is InChI=1S/C20H28BClO4/c1-19(2)14-9-16(19)20(3)17(10-14)25-21(26-20)18(22)12-24-11-13-5-7-15(23-4)8-6-13/h5-8,14,16-18H,9-12H2,1-4H3/t14-,16-,17+,18+,20-/m1/s1. The van der Waals surface area contributed by atoms with Gasteiger partial charge in [0, 0.05) is 0 Å². The van der Waals surface area contributed by atoms with E-state index in [0.29, 0.717) is 24.5 Å². The maximum atomic E-state index is 6.57. The van der Waals surface area contributed by atoms with Gasteiger partial charge < -0.3 is 18.8 Å². The molecule has 26 heavy (non-hydrogen) atoms. The molecule has 3 aliphatic carbocycles. The summed E-state index contributed by atoms with van der Waals surface area (Å²) in [6.07, 6.45) is 2.48. The highest BCUT2D eigenvalue weighted by atomic mass is 35.5. The summed E-state index contributed by atoms with van der Waals surface area (Å²) in [7, 11) is 1.27. The monoisotopic (exact) mass is 378 g/mol. The second kappa shape index (κ2) is 6.70. The predicted octanol–water partition coefficient (Wildman–Crippen LogP) is 4.09. The lowest BCUT2D eigenvalue weighted by Crippen LogP contribution is -2.65. The molecule has 5 atom stereocenters. The van der Waals surface area contributed by atoms with Crippen molar-refractivity contribution in [3.63, 3.8) is 0 Å². The summed E-state index contributed by atoms with van der Waals surface area (Å²) in [6.45, 7) is 7.85. The van der Waals surface area contributed by atoms with Gasteiger partial charge in [-0.1, -0.05) is 26.0 Å². The van der Waals surface area contributed by atoms with Gasteiger partial charge in [-0.25, -0.2) is 0 Å². The van der Waals surface area contributed by atoms with Crippen molar-refractivity contribution in [3.05, 3.63) is 29.8 Å². The van der Waals surface area contributed by atoms with E-state index in [1.54, 1.807) is 7.11 Å². The molecule has 3 saturated carbocycles. The molecular formula is C20H28BClO4. The number of halogens is 1. The second-order valence-corrected chi connectivity index (χ2v) is 9.28. The lowest BCUT2D eigenvalue weighted by molar-refractivity contribution is -0.199. The second-order valence-electron chi connectivity index (χ2n) is 8.72. The highest BCUT2D eigenvalue weighted by Gasteiger charge is 2.68. The molecule has 6 heteroatoms. The van der Waals surface area contributed by atoms with Crippen molar-refractivity contribution in [1.29, 1.82) is 0 Å². The molecule has 4 nitrogen and oxygen atoms in total. The zero-order valence-corrected chi connectivity index (χ0v) is 16.8. The minimum Gasteiger partial charge on any atom is -0.497 e. The third-order valence-electron chi connectivity index (χ3n) is 6.97. The molecular weight excluding hydrogens is 350 g/mol. The molecule has 4 fully saturated rings. The average Bonchev–Trinajstić information content (AvgIpc) is 2.99. The van der Waals surface area contributed by atoms with E-state index in [4.69, 9.17) is 30.4 Å². The molecule has 2 bridgehead atoms. The van der Waals surface area contributed by atoms with E-state index in [9.17, 15) is 0 Å².